The number of aromatic carboxylic acids is 1. The van der Waals surface area contributed by atoms with E-state index in [1.165, 1.54) is 89.0 Å². The van der Waals surface area contributed by atoms with Crippen LogP contribution < -0.4 is 0 Å². The van der Waals surface area contributed by atoms with Crippen molar-refractivity contribution in [2.45, 2.75) is 96.8 Å². The summed E-state index contributed by atoms with van der Waals surface area (Å²) in [6, 6.07) is 2.97. The lowest BCUT2D eigenvalue weighted by Gasteiger charge is -2.06. The number of nitrogens with zero attached hydrogens (tertiary/aromatic N) is 1. The minimum absolute atomic E-state index is 0.0142. The normalized spacial score (nSPS) is 10.8. The lowest BCUT2D eigenvalue weighted by Crippen LogP contribution is -2.13. The van der Waals surface area contributed by atoms with Gasteiger partial charge in [-0.05, 0) is 18.6 Å². The Balaban J connectivity index is 1.94. The van der Waals surface area contributed by atoms with Crippen molar-refractivity contribution in [3.63, 3.8) is 0 Å². The van der Waals surface area contributed by atoms with Gasteiger partial charge in [-0.2, -0.15) is 0 Å². The van der Waals surface area contributed by atoms with Crippen LogP contribution in [0.25, 0.3) is 0 Å². The molecule has 0 bridgehead atoms. The molecule has 0 radical (unpaired) electrons. The van der Waals surface area contributed by atoms with E-state index in [4.69, 9.17) is 9.84 Å². The molecule has 0 atom stereocenters. The van der Waals surface area contributed by atoms with Crippen molar-refractivity contribution in [2.24, 2.45) is 0 Å². The summed E-state index contributed by atoms with van der Waals surface area (Å²) in [7, 11) is 0. The molecule has 0 aliphatic carbocycles. The highest BCUT2D eigenvalue weighted by Crippen LogP contribution is 2.13. The third-order valence-corrected chi connectivity index (χ3v) is 4.96. The van der Waals surface area contributed by atoms with Crippen molar-refractivity contribution < 1.29 is 19.4 Å². The molecule has 1 aromatic heterocycles. The Morgan fingerprint density at radius 3 is 1.86 bits per heavy atom. The highest BCUT2D eigenvalue weighted by molar-refractivity contribution is 6.00. The summed E-state index contributed by atoms with van der Waals surface area (Å²) in [5.41, 5.74) is -0.242. The molecule has 1 N–H and O–H groups in total. The van der Waals surface area contributed by atoms with Crippen LogP contribution in [-0.2, 0) is 4.74 Å². The third-order valence-electron chi connectivity index (χ3n) is 4.96. The van der Waals surface area contributed by atoms with Gasteiger partial charge < -0.3 is 9.84 Å². The Hall–Kier alpha value is -1.91. The molecule has 0 spiro atoms. The number of carboxylic acids is 1. The summed E-state index contributed by atoms with van der Waals surface area (Å²) < 4.78 is 5.18. The topological polar surface area (TPSA) is 76.5 Å². The minimum Gasteiger partial charge on any atom is -0.476 e. The summed E-state index contributed by atoms with van der Waals surface area (Å²) in [6.07, 6.45) is 19.2. The molecule has 28 heavy (non-hydrogen) atoms. The van der Waals surface area contributed by atoms with Crippen LogP contribution in [0.3, 0.4) is 0 Å². The fraction of sp³-hybridized carbons (Fsp3) is 0.696. The van der Waals surface area contributed by atoms with Gasteiger partial charge in [-0.25, -0.2) is 14.6 Å². The van der Waals surface area contributed by atoms with E-state index in [9.17, 15) is 9.59 Å². The monoisotopic (exact) mass is 391 g/mol. The molecule has 1 aromatic rings. The largest absolute Gasteiger partial charge is 0.476 e. The number of esters is 1. The number of carbonyl (C=O) groups excluding carboxylic acids is 1. The first-order chi connectivity index (χ1) is 13.7. The van der Waals surface area contributed by atoms with Crippen LogP contribution in [0.4, 0.5) is 0 Å². The number of rotatable bonds is 17. The van der Waals surface area contributed by atoms with E-state index in [1.54, 1.807) is 0 Å². The van der Waals surface area contributed by atoms with Gasteiger partial charge >= 0.3 is 11.9 Å². The quantitative estimate of drug-likeness (QED) is 0.245. The maximum Gasteiger partial charge on any atom is 0.355 e. The summed E-state index contributed by atoms with van der Waals surface area (Å²) in [5, 5.41) is 9.05. The standard InChI is InChI=1S/C23H37NO4/c1-2-3-4-5-6-7-8-9-10-11-12-13-14-15-19-28-23(27)20-17-16-18-24-21(20)22(25)26/h16-18H,2-15,19H2,1H3,(H,25,26). The molecule has 0 aromatic carbocycles. The number of pyridine rings is 1. The summed E-state index contributed by atoms with van der Waals surface area (Å²) in [4.78, 5) is 26.8. The molecule has 0 aliphatic rings. The van der Waals surface area contributed by atoms with Crippen LogP contribution in [-0.4, -0.2) is 28.6 Å². The number of aromatic nitrogens is 1. The van der Waals surface area contributed by atoms with E-state index >= 15 is 0 Å². The summed E-state index contributed by atoms with van der Waals surface area (Å²) in [6.45, 7) is 2.58. The first kappa shape index (κ1) is 24.1. The van der Waals surface area contributed by atoms with Crippen LogP contribution in [0.2, 0.25) is 0 Å². The molecule has 1 rings (SSSR count). The van der Waals surface area contributed by atoms with Crippen LogP contribution in [0.15, 0.2) is 18.3 Å². The van der Waals surface area contributed by atoms with Gasteiger partial charge in [0.2, 0.25) is 0 Å². The van der Waals surface area contributed by atoms with E-state index in [2.05, 4.69) is 11.9 Å². The van der Waals surface area contributed by atoms with Crippen molar-refractivity contribution in [2.75, 3.05) is 6.61 Å². The first-order valence-corrected chi connectivity index (χ1v) is 11.0. The zero-order valence-electron chi connectivity index (χ0n) is 17.5. The number of hydrogen-bond acceptors (Lipinski definition) is 4. The molecule has 5 heteroatoms. The lowest BCUT2D eigenvalue weighted by molar-refractivity contribution is 0.0486. The molecule has 0 amide bonds. The van der Waals surface area contributed by atoms with Crippen LogP contribution in [0.1, 0.15) is 118 Å². The minimum atomic E-state index is -1.22. The average molecular weight is 392 g/mol. The third kappa shape index (κ3) is 11.1. The second-order valence-electron chi connectivity index (χ2n) is 7.44. The zero-order chi connectivity index (χ0) is 20.5. The lowest BCUT2D eigenvalue weighted by atomic mass is 10.0. The molecular weight excluding hydrogens is 354 g/mol. The molecule has 1 heterocycles. The van der Waals surface area contributed by atoms with Gasteiger partial charge in [-0.3, -0.25) is 0 Å². The summed E-state index contributed by atoms with van der Waals surface area (Å²) >= 11 is 0. The average Bonchev–Trinajstić information content (AvgIpc) is 2.70. The van der Waals surface area contributed by atoms with E-state index in [0.29, 0.717) is 6.61 Å². The Kier molecular flexibility index (Phi) is 13.9. The Bertz CT molecular complexity index is 559. The van der Waals surface area contributed by atoms with Crippen molar-refractivity contribution in [3.8, 4) is 0 Å². The van der Waals surface area contributed by atoms with Gasteiger partial charge in [-0.15, -0.1) is 0 Å². The van der Waals surface area contributed by atoms with Crippen molar-refractivity contribution in [1.82, 2.24) is 4.98 Å². The van der Waals surface area contributed by atoms with Gasteiger partial charge in [0.1, 0.15) is 0 Å². The molecule has 0 saturated heterocycles. The van der Waals surface area contributed by atoms with E-state index in [-0.39, 0.29) is 11.3 Å². The molecule has 0 saturated carbocycles. The second-order valence-corrected chi connectivity index (χ2v) is 7.44. The van der Waals surface area contributed by atoms with Crippen LogP contribution >= 0.6 is 0 Å². The fourth-order valence-corrected chi connectivity index (χ4v) is 3.28. The summed E-state index contributed by atoms with van der Waals surface area (Å²) in [5.74, 6) is -1.83. The number of unbranched alkanes of at least 4 members (excludes halogenated alkanes) is 13. The second kappa shape index (κ2) is 16.1. The molecule has 5 nitrogen and oxygen atoms in total. The fourth-order valence-electron chi connectivity index (χ4n) is 3.28. The van der Waals surface area contributed by atoms with E-state index < -0.39 is 11.9 Å². The van der Waals surface area contributed by atoms with Gasteiger partial charge in [0, 0.05) is 6.20 Å². The number of hydrogen-bond donors (Lipinski definition) is 1. The molecule has 158 valence electrons. The smallest absolute Gasteiger partial charge is 0.355 e. The SMILES string of the molecule is CCCCCCCCCCCCCCCCOC(=O)c1cccnc1C(=O)O. The van der Waals surface area contributed by atoms with Gasteiger partial charge in [0.15, 0.2) is 5.69 Å². The Morgan fingerprint density at radius 1 is 0.857 bits per heavy atom. The van der Waals surface area contributed by atoms with Gasteiger partial charge in [0.25, 0.3) is 0 Å². The first-order valence-electron chi connectivity index (χ1n) is 11.0. The molecule has 0 unspecified atom stereocenters. The Labute approximate surface area is 169 Å². The van der Waals surface area contributed by atoms with E-state index in [1.807, 2.05) is 0 Å². The molecule has 0 fully saturated rings. The molecule has 0 aliphatic heterocycles. The van der Waals surface area contributed by atoms with E-state index in [0.717, 1.165) is 19.3 Å². The maximum absolute atomic E-state index is 12.0. The van der Waals surface area contributed by atoms with Crippen molar-refractivity contribution >= 4 is 11.9 Å². The van der Waals surface area contributed by atoms with Crippen LogP contribution in [0.5, 0.6) is 0 Å². The number of carbonyl (C=O) groups is 2. The van der Waals surface area contributed by atoms with Crippen molar-refractivity contribution in [3.05, 3.63) is 29.6 Å². The predicted molar refractivity (Wildman–Crippen MR) is 112 cm³/mol. The van der Waals surface area contributed by atoms with Gasteiger partial charge in [0.05, 0.1) is 12.2 Å². The highest BCUT2D eigenvalue weighted by Gasteiger charge is 2.18. The zero-order valence-corrected chi connectivity index (χ0v) is 17.5. The van der Waals surface area contributed by atoms with Gasteiger partial charge in [-0.1, -0.05) is 90.4 Å². The predicted octanol–water partition coefficient (Wildman–Crippen LogP) is 6.42. The molecular formula is C23H37NO4. The number of carboxylic acid groups (broad SMARTS) is 1. The highest BCUT2D eigenvalue weighted by atomic mass is 16.5. The Morgan fingerprint density at radius 2 is 1.36 bits per heavy atom. The number of ether oxygens (including phenoxy) is 1. The van der Waals surface area contributed by atoms with Crippen molar-refractivity contribution in [1.29, 1.82) is 0 Å². The maximum atomic E-state index is 12.0. The van der Waals surface area contributed by atoms with Crippen LogP contribution in [0, 0.1) is 0 Å².